The van der Waals surface area contributed by atoms with Crippen LogP contribution in [0.4, 0.5) is 0 Å². The van der Waals surface area contributed by atoms with Gasteiger partial charge in [0, 0.05) is 5.56 Å². The van der Waals surface area contributed by atoms with Gasteiger partial charge in [-0.3, -0.25) is 4.79 Å². The molecular weight excluding hydrogens is 246 g/mol. The Labute approximate surface area is 120 Å². The van der Waals surface area contributed by atoms with Crippen LogP contribution in [-0.4, -0.2) is 5.91 Å². The Morgan fingerprint density at radius 1 is 1.00 bits per heavy atom. The Morgan fingerprint density at radius 3 is 2.30 bits per heavy atom. The number of aryl methyl sites for hydroxylation is 1. The van der Waals surface area contributed by atoms with Crippen LogP contribution < -0.4 is 5.32 Å². The number of amides is 1. The van der Waals surface area contributed by atoms with Crippen LogP contribution in [0.15, 0.2) is 54.6 Å². The molecule has 1 N–H and O–H groups in total. The molecule has 2 nitrogen and oxygen atoms in total. The van der Waals surface area contributed by atoms with E-state index in [1.54, 1.807) is 0 Å². The van der Waals surface area contributed by atoms with Gasteiger partial charge < -0.3 is 5.32 Å². The lowest BCUT2D eigenvalue weighted by molar-refractivity contribution is 0.0925. The molecule has 0 saturated carbocycles. The Hall–Kier alpha value is -2.09. The van der Waals surface area contributed by atoms with Gasteiger partial charge in [0.05, 0.1) is 6.04 Å². The van der Waals surface area contributed by atoms with Gasteiger partial charge in [-0.25, -0.2) is 0 Å². The number of carbonyl (C=O) groups excluding carboxylic acids is 1. The summed E-state index contributed by atoms with van der Waals surface area (Å²) < 4.78 is 0. The molecule has 0 radical (unpaired) electrons. The predicted molar refractivity (Wildman–Crippen MR) is 82.7 cm³/mol. The van der Waals surface area contributed by atoms with E-state index in [0.29, 0.717) is 11.5 Å². The summed E-state index contributed by atoms with van der Waals surface area (Å²) in [6.07, 6.45) is 0. The first-order valence-electron chi connectivity index (χ1n) is 7.00. The lowest BCUT2D eigenvalue weighted by Crippen LogP contribution is -2.31. The van der Waals surface area contributed by atoms with Crippen molar-refractivity contribution < 1.29 is 4.79 Å². The zero-order chi connectivity index (χ0) is 14.5. The lowest BCUT2D eigenvalue weighted by Gasteiger charge is -2.23. The summed E-state index contributed by atoms with van der Waals surface area (Å²) in [6, 6.07) is 17.8. The summed E-state index contributed by atoms with van der Waals surface area (Å²) in [7, 11) is 0. The molecule has 0 spiro atoms. The van der Waals surface area contributed by atoms with E-state index in [9.17, 15) is 4.79 Å². The average molecular weight is 267 g/mol. The van der Waals surface area contributed by atoms with E-state index in [-0.39, 0.29) is 11.9 Å². The fraction of sp³-hybridized carbons (Fsp3) is 0.278. The van der Waals surface area contributed by atoms with Gasteiger partial charge in [-0.05, 0) is 30.5 Å². The van der Waals surface area contributed by atoms with E-state index in [0.717, 1.165) is 11.1 Å². The van der Waals surface area contributed by atoms with E-state index in [2.05, 4.69) is 31.3 Å². The van der Waals surface area contributed by atoms with Gasteiger partial charge >= 0.3 is 0 Å². The minimum Gasteiger partial charge on any atom is -0.345 e. The molecule has 0 saturated heterocycles. The molecule has 2 heteroatoms. The van der Waals surface area contributed by atoms with Gasteiger partial charge in [0.15, 0.2) is 0 Å². The van der Waals surface area contributed by atoms with Crippen LogP contribution in [0.1, 0.15) is 41.4 Å². The SMILES string of the molecule is Cc1cccc(C(=O)N[C@H](c2ccccc2)C(C)C)c1. The molecule has 0 bridgehead atoms. The first kappa shape index (κ1) is 14.3. The van der Waals surface area contributed by atoms with Gasteiger partial charge in [-0.15, -0.1) is 0 Å². The molecule has 0 aliphatic carbocycles. The maximum atomic E-state index is 12.4. The number of benzene rings is 2. The van der Waals surface area contributed by atoms with Crippen LogP contribution >= 0.6 is 0 Å². The second-order valence-electron chi connectivity index (χ2n) is 5.48. The fourth-order valence-electron chi connectivity index (χ4n) is 2.31. The highest BCUT2D eigenvalue weighted by molar-refractivity contribution is 5.94. The Bertz CT molecular complexity index is 575. The highest BCUT2D eigenvalue weighted by Gasteiger charge is 2.18. The van der Waals surface area contributed by atoms with E-state index in [1.807, 2.05) is 49.4 Å². The second kappa shape index (κ2) is 6.38. The van der Waals surface area contributed by atoms with Crippen LogP contribution in [0.2, 0.25) is 0 Å². The summed E-state index contributed by atoms with van der Waals surface area (Å²) in [6.45, 7) is 6.23. The summed E-state index contributed by atoms with van der Waals surface area (Å²) in [5, 5.41) is 3.14. The largest absolute Gasteiger partial charge is 0.345 e. The van der Waals surface area contributed by atoms with Crippen LogP contribution in [0.5, 0.6) is 0 Å². The molecule has 104 valence electrons. The highest BCUT2D eigenvalue weighted by Crippen LogP contribution is 2.22. The Balaban J connectivity index is 2.19. The quantitative estimate of drug-likeness (QED) is 0.887. The molecular formula is C18H21NO. The van der Waals surface area contributed by atoms with Crippen molar-refractivity contribution in [2.75, 3.05) is 0 Å². The van der Waals surface area contributed by atoms with Gasteiger partial charge in [0.2, 0.25) is 0 Å². The molecule has 0 aromatic heterocycles. The minimum absolute atomic E-state index is 0.0174. The fourth-order valence-corrected chi connectivity index (χ4v) is 2.31. The smallest absolute Gasteiger partial charge is 0.251 e. The third-order valence-electron chi connectivity index (χ3n) is 3.39. The van der Waals surface area contributed by atoms with E-state index in [1.165, 1.54) is 0 Å². The minimum atomic E-state index is -0.0174. The van der Waals surface area contributed by atoms with Gasteiger partial charge in [-0.1, -0.05) is 61.9 Å². The van der Waals surface area contributed by atoms with Crippen molar-refractivity contribution in [1.82, 2.24) is 5.32 Å². The normalized spacial score (nSPS) is 12.2. The van der Waals surface area contributed by atoms with Gasteiger partial charge in [0.25, 0.3) is 5.91 Å². The predicted octanol–water partition coefficient (Wildman–Crippen LogP) is 4.12. The van der Waals surface area contributed by atoms with Crippen molar-refractivity contribution >= 4 is 5.91 Å². The Morgan fingerprint density at radius 2 is 1.70 bits per heavy atom. The molecule has 0 aliphatic rings. The van der Waals surface area contributed by atoms with Crippen molar-refractivity contribution in [3.05, 3.63) is 71.3 Å². The van der Waals surface area contributed by atoms with Crippen molar-refractivity contribution in [3.8, 4) is 0 Å². The molecule has 0 unspecified atom stereocenters. The van der Waals surface area contributed by atoms with Crippen molar-refractivity contribution in [2.45, 2.75) is 26.8 Å². The zero-order valence-corrected chi connectivity index (χ0v) is 12.3. The molecule has 1 atom stereocenters. The molecule has 20 heavy (non-hydrogen) atoms. The van der Waals surface area contributed by atoms with E-state index >= 15 is 0 Å². The molecule has 2 aromatic rings. The summed E-state index contributed by atoms with van der Waals surface area (Å²) >= 11 is 0. The third-order valence-corrected chi connectivity index (χ3v) is 3.39. The maximum absolute atomic E-state index is 12.4. The summed E-state index contributed by atoms with van der Waals surface area (Å²) in [4.78, 5) is 12.4. The van der Waals surface area contributed by atoms with E-state index < -0.39 is 0 Å². The molecule has 2 rings (SSSR count). The summed E-state index contributed by atoms with van der Waals surface area (Å²) in [5.41, 5.74) is 2.95. The first-order valence-corrected chi connectivity index (χ1v) is 7.00. The van der Waals surface area contributed by atoms with Crippen LogP contribution in [0, 0.1) is 12.8 Å². The summed E-state index contributed by atoms with van der Waals surface area (Å²) in [5.74, 6) is 0.322. The molecule has 0 aliphatic heterocycles. The number of hydrogen-bond acceptors (Lipinski definition) is 1. The maximum Gasteiger partial charge on any atom is 0.251 e. The average Bonchev–Trinajstić information content (AvgIpc) is 2.45. The highest BCUT2D eigenvalue weighted by atomic mass is 16.1. The van der Waals surface area contributed by atoms with Crippen LogP contribution in [-0.2, 0) is 0 Å². The van der Waals surface area contributed by atoms with Crippen LogP contribution in [0.25, 0.3) is 0 Å². The van der Waals surface area contributed by atoms with Crippen molar-refractivity contribution in [2.24, 2.45) is 5.92 Å². The van der Waals surface area contributed by atoms with E-state index in [4.69, 9.17) is 0 Å². The second-order valence-corrected chi connectivity index (χ2v) is 5.48. The van der Waals surface area contributed by atoms with Crippen LogP contribution in [0.3, 0.4) is 0 Å². The van der Waals surface area contributed by atoms with Gasteiger partial charge in [0.1, 0.15) is 0 Å². The number of carbonyl (C=O) groups is 1. The lowest BCUT2D eigenvalue weighted by atomic mass is 9.95. The van der Waals surface area contributed by atoms with Crippen molar-refractivity contribution in [1.29, 1.82) is 0 Å². The molecule has 0 heterocycles. The standard InChI is InChI=1S/C18H21NO/c1-13(2)17(15-9-5-4-6-10-15)19-18(20)16-11-7-8-14(3)12-16/h4-13,17H,1-3H3,(H,19,20)/t17-/m0/s1. The molecule has 2 aromatic carbocycles. The topological polar surface area (TPSA) is 29.1 Å². The molecule has 1 amide bonds. The number of rotatable bonds is 4. The Kier molecular flexibility index (Phi) is 4.57. The monoisotopic (exact) mass is 267 g/mol. The zero-order valence-electron chi connectivity index (χ0n) is 12.3. The number of hydrogen-bond donors (Lipinski definition) is 1. The first-order chi connectivity index (χ1) is 9.58. The number of nitrogens with one attached hydrogen (secondary N) is 1. The molecule has 0 fully saturated rings. The van der Waals surface area contributed by atoms with Crippen molar-refractivity contribution in [3.63, 3.8) is 0 Å². The third kappa shape index (κ3) is 3.47. The van der Waals surface area contributed by atoms with Gasteiger partial charge in [-0.2, -0.15) is 0 Å².